The van der Waals surface area contributed by atoms with Gasteiger partial charge in [-0.05, 0) is 30.7 Å². The van der Waals surface area contributed by atoms with Crippen LogP contribution in [0.3, 0.4) is 0 Å². The molecule has 0 atom stereocenters. The molecule has 0 saturated heterocycles. The molecule has 3 rings (SSSR count). The van der Waals surface area contributed by atoms with Crippen molar-refractivity contribution in [1.29, 1.82) is 0 Å². The van der Waals surface area contributed by atoms with E-state index in [1.807, 2.05) is 41.8 Å². The zero-order chi connectivity index (χ0) is 11.8. The molecular weight excluding hydrogens is 212 g/mol. The number of aryl methyl sites for hydroxylation is 1. The molecule has 0 unspecified atom stereocenters. The number of para-hydroxylation sites is 2. The summed E-state index contributed by atoms with van der Waals surface area (Å²) in [7, 11) is 0. The van der Waals surface area contributed by atoms with Gasteiger partial charge >= 0.3 is 0 Å². The van der Waals surface area contributed by atoms with E-state index in [-0.39, 0.29) is 0 Å². The third kappa shape index (κ3) is 1.45. The van der Waals surface area contributed by atoms with Crippen molar-refractivity contribution in [3.05, 3.63) is 48.4 Å². The second kappa shape index (κ2) is 3.59. The molecule has 84 valence electrons. The monoisotopic (exact) mass is 224 g/mol. The smallest absolute Gasteiger partial charge is 0.161 e. The number of aromatic nitrogens is 3. The zero-order valence-corrected chi connectivity index (χ0v) is 9.46. The van der Waals surface area contributed by atoms with Gasteiger partial charge in [-0.15, -0.1) is 0 Å². The summed E-state index contributed by atoms with van der Waals surface area (Å²) < 4.78 is 1.91. The first-order valence-electron chi connectivity index (χ1n) is 5.41. The van der Waals surface area contributed by atoms with Gasteiger partial charge in [0.15, 0.2) is 5.82 Å². The summed E-state index contributed by atoms with van der Waals surface area (Å²) in [5.41, 5.74) is 9.72. The first-order chi connectivity index (χ1) is 8.27. The number of rotatable bonds is 1. The van der Waals surface area contributed by atoms with Crippen molar-refractivity contribution in [3.8, 4) is 5.82 Å². The summed E-state index contributed by atoms with van der Waals surface area (Å²) in [6.07, 6.45) is 3.51. The number of hydrogen-bond donors (Lipinski definition) is 1. The van der Waals surface area contributed by atoms with Crippen LogP contribution in [0.4, 0.5) is 5.69 Å². The first-order valence-corrected chi connectivity index (χ1v) is 5.41. The van der Waals surface area contributed by atoms with E-state index in [0.717, 1.165) is 22.4 Å². The van der Waals surface area contributed by atoms with Gasteiger partial charge in [0, 0.05) is 6.20 Å². The number of imidazole rings is 1. The number of nitrogen functional groups attached to an aromatic ring is 1. The van der Waals surface area contributed by atoms with Crippen molar-refractivity contribution in [1.82, 2.24) is 14.5 Å². The highest BCUT2D eigenvalue weighted by Gasteiger charge is 2.09. The average molecular weight is 224 g/mol. The summed E-state index contributed by atoms with van der Waals surface area (Å²) >= 11 is 0. The third-order valence-electron chi connectivity index (χ3n) is 2.87. The third-order valence-corrected chi connectivity index (χ3v) is 2.87. The highest BCUT2D eigenvalue weighted by Crippen LogP contribution is 2.22. The second-order valence-corrected chi connectivity index (χ2v) is 3.97. The number of nitrogens with zero attached hydrogens (tertiary/aromatic N) is 3. The lowest BCUT2D eigenvalue weighted by atomic mass is 10.2. The largest absolute Gasteiger partial charge is 0.395 e. The lowest BCUT2D eigenvalue weighted by Crippen LogP contribution is -2.03. The van der Waals surface area contributed by atoms with Gasteiger partial charge in [0.05, 0.1) is 16.7 Å². The van der Waals surface area contributed by atoms with Crippen LogP contribution in [0.1, 0.15) is 5.56 Å². The molecule has 4 heteroatoms. The maximum absolute atomic E-state index is 6.05. The van der Waals surface area contributed by atoms with Crippen LogP contribution in [-0.4, -0.2) is 14.5 Å². The fraction of sp³-hybridized carbons (Fsp3) is 0.0769. The first kappa shape index (κ1) is 9.84. The summed E-state index contributed by atoms with van der Waals surface area (Å²) in [6, 6.07) is 9.82. The molecule has 4 nitrogen and oxygen atoms in total. The van der Waals surface area contributed by atoms with Gasteiger partial charge < -0.3 is 5.73 Å². The summed E-state index contributed by atoms with van der Waals surface area (Å²) in [5.74, 6) is 0.735. The molecule has 0 saturated carbocycles. The zero-order valence-electron chi connectivity index (χ0n) is 9.46. The maximum Gasteiger partial charge on any atom is 0.161 e. The predicted octanol–water partition coefficient (Wildman–Crippen LogP) is 2.31. The Bertz CT molecular complexity index is 685. The van der Waals surface area contributed by atoms with Crippen LogP contribution in [0.15, 0.2) is 42.9 Å². The van der Waals surface area contributed by atoms with E-state index in [9.17, 15) is 0 Å². The molecule has 0 spiro atoms. The Labute approximate surface area is 98.7 Å². The molecular formula is C13H12N4. The van der Waals surface area contributed by atoms with Crippen LogP contribution in [0.2, 0.25) is 0 Å². The second-order valence-electron chi connectivity index (χ2n) is 3.97. The number of nitrogens with two attached hydrogens (primary N) is 1. The van der Waals surface area contributed by atoms with E-state index in [2.05, 4.69) is 9.97 Å². The van der Waals surface area contributed by atoms with E-state index in [1.54, 1.807) is 12.5 Å². The van der Waals surface area contributed by atoms with Crippen molar-refractivity contribution in [3.63, 3.8) is 0 Å². The van der Waals surface area contributed by atoms with Gasteiger partial charge in [-0.25, -0.2) is 9.97 Å². The summed E-state index contributed by atoms with van der Waals surface area (Å²) in [5, 5.41) is 0. The molecule has 1 aromatic carbocycles. The van der Waals surface area contributed by atoms with Crippen molar-refractivity contribution in [2.45, 2.75) is 6.92 Å². The normalized spacial score (nSPS) is 10.9. The molecule has 3 aromatic rings. The Morgan fingerprint density at radius 1 is 1.12 bits per heavy atom. The molecule has 0 amide bonds. The summed E-state index contributed by atoms with van der Waals surface area (Å²) in [4.78, 5) is 8.66. The number of benzene rings is 1. The van der Waals surface area contributed by atoms with Gasteiger partial charge in [-0.3, -0.25) is 4.57 Å². The van der Waals surface area contributed by atoms with Crippen LogP contribution in [0.5, 0.6) is 0 Å². The highest BCUT2D eigenvalue weighted by molar-refractivity contribution is 5.78. The Kier molecular flexibility index (Phi) is 2.08. The van der Waals surface area contributed by atoms with Gasteiger partial charge in [0.1, 0.15) is 6.33 Å². The molecule has 2 aromatic heterocycles. The van der Waals surface area contributed by atoms with E-state index in [1.165, 1.54) is 0 Å². The Morgan fingerprint density at radius 3 is 2.82 bits per heavy atom. The minimum Gasteiger partial charge on any atom is -0.395 e. The molecule has 0 aliphatic carbocycles. The Morgan fingerprint density at radius 2 is 1.94 bits per heavy atom. The number of anilines is 1. The molecule has 2 heterocycles. The van der Waals surface area contributed by atoms with Crippen molar-refractivity contribution in [2.75, 3.05) is 5.73 Å². The molecule has 0 bridgehead atoms. The minimum absolute atomic E-state index is 0.690. The van der Waals surface area contributed by atoms with Crippen LogP contribution in [-0.2, 0) is 0 Å². The molecule has 0 aliphatic rings. The molecule has 0 radical (unpaired) electrons. The quantitative estimate of drug-likeness (QED) is 0.690. The number of pyridine rings is 1. The van der Waals surface area contributed by atoms with E-state index in [4.69, 9.17) is 5.73 Å². The van der Waals surface area contributed by atoms with Gasteiger partial charge in [0.2, 0.25) is 0 Å². The van der Waals surface area contributed by atoms with Crippen molar-refractivity contribution < 1.29 is 0 Å². The fourth-order valence-electron chi connectivity index (χ4n) is 1.88. The van der Waals surface area contributed by atoms with E-state index in [0.29, 0.717) is 5.69 Å². The van der Waals surface area contributed by atoms with Gasteiger partial charge in [-0.1, -0.05) is 12.1 Å². The van der Waals surface area contributed by atoms with Gasteiger partial charge in [0.25, 0.3) is 0 Å². The SMILES string of the molecule is Cc1ccnc(-n2cnc3ccccc32)c1N. The maximum atomic E-state index is 6.05. The van der Waals surface area contributed by atoms with Crippen molar-refractivity contribution in [2.24, 2.45) is 0 Å². The van der Waals surface area contributed by atoms with Crippen LogP contribution in [0.25, 0.3) is 16.9 Å². The number of fused-ring (bicyclic) bond motifs is 1. The number of hydrogen-bond acceptors (Lipinski definition) is 3. The van der Waals surface area contributed by atoms with Crippen LogP contribution < -0.4 is 5.73 Å². The molecule has 0 aliphatic heterocycles. The van der Waals surface area contributed by atoms with E-state index >= 15 is 0 Å². The summed E-state index contributed by atoms with van der Waals surface area (Å²) in [6.45, 7) is 1.97. The lowest BCUT2D eigenvalue weighted by Gasteiger charge is -2.08. The Balaban J connectivity index is 2.31. The van der Waals surface area contributed by atoms with Crippen molar-refractivity contribution >= 4 is 16.7 Å². The molecule has 0 fully saturated rings. The topological polar surface area (TPSA) is 56.7 Å². The minimum atomic E-state index is 0.690. The van der Waals surface area contributed by atoms with Gasteiger partial charge in [-0.2, -0.15) is 0 Å². The standard InChI is InChI=1S/C13H12N4/c1-9-6-7-15-13(12(9)14)17-8-16-10-4-2-3-5-11(10)17/h2-8H,14H2,1H3. The molecule has 17 heavy (non-hydrogen) atoms. The lowest BCUT2D eigenvalue weighted by molar-refractivity contribution is 1.02. The Hall–Kier alpha value is -2.36. The highest BCUT2D eigenvalue weighted by atomic mass is 15.1. The van der Waals surface area contributed by atoms with Crippen LogP contribution >= 0.6 is 0 Å². The van der Waals surface area contributed by atoms with E-state index < -0.39 is 0 Å². The fourth-order valence-corrected chi connectivity index (χ4v) is 1.88. The van der Waals surface area contributed by atoms with Crippen LogP contribution in [0, 0.1) is 6.92 Å². The molecule has 2 N–H and O–H groups in total. The average Bonchev–Trinajstić information content (AvgIpc) is 2.77. The predicted molar refractivity (Wildman–Crippen MR) is 68.0 cm³/mol.